The summed E-state index contributed by atoms with van der Waals surface area (Å²) in [4.78, 5) is 0. The van der Waals surface area contributed by atoms with Crippen LogP contribution in [0.15, 0.2) is 0 Å². The standard InChI is InChI=1S/C8H16O/c1-6-7(5-9-6)8(2,3)4/h6-7H,5H2,1-4H3. The van der Waals surface area contributed by atoms with Crippen LogP contribution >= 0.6 is 0 Å². The Labute approximate surface area is 57.4 Å². The van der Waals surface area contributed by atoms with Gasteiger partial charge in [-0.05, 0) is 12.3 Å². The second-order valence-electron chi connectivity index (χ2n) is 4.01. The van der Waals surface area contributed by atoms with Crippen LogP contribution in [0.25, 0.3) is 0 Å². The van der Waals surface area contributed by atoms with Crippen LogP contribution in [0.1, 0.15) is 27.7 Å². The van der Waals surface area contributed by atoms with Crippen molar-refractivity contribution in [1.29, 1.82) is 0 Å². The van der Waals surface area contributed by atoms with Crippen LogP contribution in [0, 0.1) is 11.3 Å². The Morgan fingerprint density at radius 2 is 1.89 bits per heavy atom. The molecule has 1 fully saturated rings. The van der Waals surface area contributed by atoms with Crippen molar-refractivity contribution in [3.8, 4) is 0 Å². The summed E-state index contributed by atoms with van der Waals surface area (Å²) in [5.41, 5.74) is 0.442. The average Bonchev–Trinajstić information content (AvgIpc) is 1.57. The lowest BCUT2D eigenvalue weighted by Gasteiger charge is -2.43. The molecule has 1 aliphatic rings. The lowest BCUT2D eigenvalue weighted by molar-refractivity contribution is -0.145. The highest BCUT2D eigenvalue weighted by Gasteiger charge is 2.37. The van der Waals surface area contributed by atoms with Crippen molar-refractivity contribution in [2.45, 2.75) is 33.8 Å². The minimum Gasteiger partial charge on any atom is -0.378 e. The molecule has 0 bridgehead atoms. The highest BCUT2D eigenvalue weighted by atomic mass is 16.5. The second-order valence-corrected chi connectivity index (χ2v) is 4.01. The molecule has 0 spiro atoms. The molecule has 9 heavy (non-hydrogen) atoms. The molecule has 1 rings (SSSR count). The Hall–Kier alpha value is -0.0400. The quantitative estimate of drug-likeness (QED) is 0.485. The van der Waals surface area contributed by atoms with E-state index in [0.717, 1.165) is 12.5 Å². The molecule has 1 saturated heterocycles. The molecule has 2 unspecified atom stereocenters. The molecule has 1 nitrogen and oxygen atoms in total. The third-order valence-corrected chi connectivity index (χ3v) is 2.22. The number of hydrogen-bond donors (Lipinski definition) is 0. The van der Waals surface area contributed by atoms with Gasteiger partial charge in [0.05, 0.1) is 12.7 Å². The Kier molecular flexibility index (Phi) is 1.55. The van der Waals surface area contributed by atoms with Crippen LogP contribution in [0.5, 0.6) is 0 Å². The van der Waals surface area contributed by atoms with Gasteiger partial charge in [0, 0.05) is 5.92 Å². The zero-order valence-corrected chi connectivity index (χ0v) is 6.77. The highest BCUT2D eigenvalue weighted by molar-refractivity contribution is 4.84. The van der Waals surface area contributed by atoms with Gasteiger partial charge in [0.15, 0.2) is 0 Å². The SMILES string of the molecule is CC1OCC1C(C)(C)C. The summed E-state index contributed by atoms with van der Waals surface area (Å²) >= 11 is 0. The molecule has 0 aromatic heterocycles. The van der Waals surface area contributed by atoms with E-state index < -0.39 is 0 Å². The lowest BCUT2D eigenvalue weighted by Crippen LogP contribution is -2.45. The van der Waals surface area contributed by atoms with E-state index in [1.165, 1.54) is 0 Å². The van der Waals surface area contributed by atoms with E-state index in [1.54, 1.807) is 0 Å². The fraction of sp³-hybridized carbons (Fsp3) is 1.00. The summed E-state index contributed by atoms with van der Waals surface area (Å²) in [6.45, 7) is 9.94. The second kappa shape index (κ2) is 1.98. The Morgan fingerprint density at radius 3 is 1.89 bits per heavy atom. The van der Waals surface area contributed by atoms with Crippen LogP contribution in [-0.2, 0) is 4.74 Å². The first-order chi connectivity index (χ1) is 4.02. The topological polar surface area (TPSA) is 9.23 Å². The van der Waals surface area contributed by atoms with Gasteiger partial charge < -0.3 is 4.74 Å². The van der Waals surface area contributed by atoms with E-state index in [9.17, 15) is 0 Å². The van der Waals surface area contributed by atoms with Gasteiger partial charge in [-0.15, -0.1) is 0 Å². The van der Waals surface area contributed by atoms with Crippen molar-refractivity contribution in [3.05, 3.63) is 0 Å². The number of ether oxygens (including phenoxy) is 1. The van der Waals surface area contributed by atoms with Gasteiger partial charge in [0.1, 0.15) is 0 Å². The summed E-state index contributed by atoms with van der Waals surface area (Å²) in [5.74, 6) is 0.775. The van der Waals surface area contributed by atoms with E-state index in [2.05, 4.69) is 27.7 Å². The average molecular weight is 128 g/mol. The van der Waals surface area contributed by atoms with Gasteiger partial charge in [0.25, 0.3) is 0 Å². The third-order valence-electron chi connectivity index (χ3n) is 2.22. The first-order valence-electron chi connectivity index (χ1n) is 3.63. The zero-order valence-electron chi connectivity index (χ0n) is 6.77. The minimum atomic E-state index is 0.442. The number of rotatable bonds is 0. The lowest BCUT2D eigenvalue weighted by atomic mass is 9.75. The molecule has 1 heteroatoms. The van der Waals surface area contributed by atoms with E-state index in [0.29, 0.717) is 11.5 Å². The van der Waals surface area contributed by atoms with Crippen LogP contribution in [0.2, 0.25) is 0 Å². The van der Waals surface area contributed by atoms with Gasteiger partial charge in [-0.2, -0.15) is 0 Å². The fourth-order valence-electron chi connectivity index (χ4n) is 1.34. The molecule has 0 saturated carbocycles. The molecule has 0 radical (unpaired) electrons. The molecule has 2 atom stereocenters. The van der Waals surface area contributed by atoms with Gasteiger partial charge >= 0.3 is 0 Å². The van der Waals surface area contributed by atoms with Gasteiger partial charge in [-0.3, -0.25) is 0 Å². The molecule has 0 aromatic carbocycles. The summed E-state index contributed by atoms with van der Waals surface area (Å²) in [5, 5.41) is 0. The van der Waals surface area contributed by atoms with Crippen LogP contribution < -0.4 is 0 Å². The summed E-state index contributed by atoms with van der Waals surface area (Å²) in [7, 11) is 0. The molecule has 0 N–H and O–H groups in total. The van der Waals surface area contributed by atoms with E-state index in [-0.39, 0.29) is 0 Å². The molecular weight excluding hydrogens is 112 g/mol. The molecule has 1 heterocycles. The van der Waals surface area contributed by atoms with Crippen molar-refractivity contribution < 1.29 is 4.74 Å². The smallest absolute Gasteiger partial charge is 0.0602 e. The zero-order chi connectivity index (χ0) is 7.07. The predicted octanol–water partition coefficient (Wildman–Crippen LogP) is 2.07. The third kappa shape index (κ3) is 1.26. The maximum absolute atomic E-state index is 5.27. The maximum Gasteiger partial charge on any atom is 0.0602 e. The number of hydrogen-bond acceptors (Lipinski definition) is 1. The maximum atomic E-state index is 5.27. The van der Waals surface area contributed by atoms with Crippen LogP contribution in [0.4, 0.5) is 0 Å². The van der Waals surface area contributed by atoms with Gasteiger partial charge in [-0.1, -0.05) is 20.8 Å². The largest absolute Gasteiger partial charge is 0.378 e. The molecular formula is C8H16O. The van der Waals surface area contributed by atoms with Crippen molar-refractivity contribution in [2.75, 3.05) is 6.61 Å². The molecule has 54 valence electrons. The summed E-state index contributed by atoms with van der Waals surface area (Å²) < 4.78 is 5.27. The van der Waals surface area contributed by atoms with Crippen LogP contribution in [0.3, 0.4) is 0 Å². The van der Waals surface area contributed by atoms with Crippen molar-refractivity contribution >= 4 is 0 Å². The van der Waals surface area contributed by atoms with Crippen molar-refractivity contribution in [1.82, 2.24) is 0 Å². The summed E-state index contributed by atoms with van der Waals surface area (Å²) in [6, 6.07) is 0. The van der Waals surface area contributed by atoms with Gasteiger partial charge in [0.2, 0.25) is 0 Å². The van der Waals surface area contributed by atoms with E-state index >= 15 is 0 Å². The first-order valence-corrected chi connectivity index (χ1v) is 3.63. The van der Waals surface area contributed by atoms with Gasteiger partial charge in [-0.25, -0.2) is 0 Å². The van der Waals surface area contributed by atoms with Crippen molar-refractivity contribution in [3.63, 3.8) is 0 Å². The Balaban J connectivity index is 2.44. The van der Waals surface area contributed by atoms with E-state index in [1.807, 2.05) is 0 Å². The predicted molar refractivity (Wildman–Crippen MR) is 38.4 cm³/mol. The Bertz CT molecular complexity index is 102. The molecule has 0 amide bonds. The molecule has 1 aliphatic heterocycles. The monoisotopic (exact) mass is 128 g/mol. The normalized spacial score (nSPS) is 36.0. The molecule has 0 aromatic rings. The van der Waals surface area contributed by atoms with Crippen LogP contribution in [-0.4, -0.2) is 12.7 Å². The van der Waals surface area contributed by atoms with E-state index in [4.69, 9.17) is 4.74 Å². The molecule has 0 aliphatic carbocycles. The summed E-state index contributed by atoms with van der Waals surface area (Å²) in [6.07, 6.45) is 0.491. The fourth-order valence-corrected chi connectivity index (χ4v) is 1.34. The minimum absolute atomic E-state index is 0.442. The van der Waals surface area contributed by atoms with Crippen molar-refractivity contribution in [2.24, 2.45) is 11.3 Å². The Morgan fingerprint density at radius 1 is 1.33 bits per heavy atom. The first kappa shape index (κ1) is 7.07. The highest BCUT2D eigenvalue weighted by Crippen LogP contribution is 2.36.